The SMILES string of the molecule is C=C1C(C)=C(C)C(=O)N1C.C=C1C(C)C(C)C(=C)N1C.C=C1N(C)N=C(C)N1C.CC(C)=C1C(=O)N(C)C(=O)N1C.CC(C)=C1CC(=O)N(C)C1=O.Cc1cc(=O)n(C)c(=O)n1C.Cc1nc(C)n(C)c1C.Cc1nn(C)c(C)c1C.Cc1nn(C)c(C)c1C. The van der Waals surface area contributed by atoms with E-state index in [0.717, 1.165) is 72.0 Å². The third-order valence-corrected chi connectivity index (χ3v) is 17.3. The monoisotopic (exact) mass is 1250 g/mol. The Hall–Kier alpha value is -8.89. The smallest absolute Gasteiger partial charge is 0.331 e. The Labute approximate surface area is 536 Å². The summed E-state index contributed by atoms with van der Waals surface area (Å²) >= 11 is 0. The molecule has 3 saturated heterocycles. The van der Waals surface area contributed by atoms with Crippen LogP contribution in [0.25, 0.3) is 0 Å². The predicted molar refractivity (Wildman–Crippen MR) is 361 cm³/mol. The Kier molecular flexibility index (Phi) is 29.1. The second kappa shape index (κ2) is 33.1. The first kappa shape index (κ1) is 79.1. The molecule has 0 bridgehead atoms. The zero-order valence-electron chi connectivity index (χ0n) is 60.3. The number of nitrogens with zero attached hydrogens (tertiary/aromatic N) is 16. The first-order chi connectivity index (χ1) is 41.1. The van der Waals surface area contributed by atoms with E-state index in [2.05, 4.69) is 105 Å². The molecule has 496 valence electrons. The molecule has 3 fully saturated rings. The summed E-state index contributed by atoms with van der Waals surface area (Å²) in [5.74, 6) is 3.74. The second-order valence-corrected chi connectivity index (χ2v) is 23.5. The number of imidazole rings is 1. The van der Waals surface area contributed by atoms with Crippen molar-refractivity contribution in [3.05, 3.63) is 167 Å². The quantitative estimate of drug-likeness (QED) is 0.0912. The van der Waals surface area contributed by atoms with Crippen molar-refractivity contribution in [3.63, 3.8) is 0 Å². The lowest BCUT2D eigenvalue weighted by Crippen LogP contribution is -2.37. The Morgan fingerprint density at radius 1 is 0.489 bits per heavy atom. The minimum Gasteiger partial charge on any atom is -0.352 e. The van der Waals surface area contributed by atoms with Gasteiger partial charge in [0.2, 0.25) is 5.91 Å². The fourth-order valence-electron chi connectivity index (χ4n) is 8.92. The average molecular weight is 1250 g/mol. The van der Waals surface area contributed by atoms with Crippen molar-refractivity contribution >= 4 is 35.5 Å². The predicted octanol–water partition coefficient (Wildman–Crippen LogP) is 9.15. The van der Waals surface area contributed by atoms with Gasteiger partial charge in [0.15, 0.2) is 0 Å². The van der Waals surface area contributed by atoms with Gasteiger partial charge in [-0.2, -0.15) is 15.3 Å². The number of likely N-dealkylation sites (tertiary alicyclic amines) is 2. The molecule has 0 aromatic carbocycles. The number of carbonyl (C=O) groups is 5. The summed E-state index contributed by atoms with van der Waals surface area (Å²) in [7, 11) is 21.3. The molecule has 23 heteroatoms. The van der Waals surface area contributed by atoms with Crippen molar-refractivity contribution in [1.82, 2.24) is 72.7 Å². The molecule has 0 spiro atoms. The number of amidine groups is 1. The Morgan fingerprint density at radius 3 is 1.11 bits per heavy atom. The molecular weight excluding hydrogens is 1140 g/mol. The van der Waals surface area contributed by atoms with Gasteiger partial charge in [0, 0.05) is 153 Å². The molecule has 9 heterocycles. The maximum Gasteiger partial charge on any atom is 0.331 e. The molecule has 6 amide bonds. The topological polar surface area (TPSA) is 218 Å². The Morgan fingerprint density at radius 2 is 0.944 bits per heavy atom. The number of aromatic nitrogens is 8. The third-order valence-electron chi connectivity index (χ3n) is 17.3. The standard InChI is InChI=1S/C9H15N.C8H12N2O2.C8H11NO2.C8H11NO.C7H10N2O2.3C7H12N2.C6H11N3/c1-6-7(2)9(4)10(5)8(6)3;1-5(2)6-7(11)10(4)8(12)9(6)3;1-5(2)6-4-7(10)9(3)8(6)11;1-5-6(2)8(10)9(4)7(5)3;1-5-4-6(10)9(3)7(11)8(5)2;1-5-6(2)9(4)7(3)8-5;2*1-5-6(2)8-9(4)7(5)3;1-5-7-9(4)6(2)8(5)3/h6-7H,3-4H2,1-2,5H3;1-4H3;4H2,1-3H3;3H2,1-2,4H3;4H,1-3H3;3*1-4H3;2H2,1,3-4H3. The highest BCUT2D eigenvalue weighted by Crippen LogP contribution is 2.37. The molecule has 90 heavy (non-hydrogen) atoms. The molecule has 5 aliphatic rings. The second-order valence-electron chi connectivity index (χ2n) is 23.5. The highest BCUT2D eigenvalue weighted by Gasteiger charge is 2.36. The van der Waals surface area contributed by atoms with E-state index in [-0.39, 0.29) is 47.3 Å². The first-order valence-electron chi connectivity index (χ1n) is 29.5. The van der Waals surface area contributed by atoms with Crippen molar-refractivity contribution in [1.29, 1.82) is 0 Å². The molecule has 9 rings (SSSR count). The van der Waals surface area contributed by atoms with Gasteiger partial charge < -0.3 is 23.8 Å². The van der Waals surface area contributed by atoms with Crippen LogP contribution in [0.3, 0.4) is 0 Å². The normalized spacial score (nSPS) is 16.7. The summed E-state index contributed by atoms with van der Waals surface area (Å²) in [6, 6.07) is 1.16. The van der Waals surface area contributed by atoms with E-state index < -0.39 is 0 Å². The lowest BCUT2D eigenvalue weighted by Gasteiger charge is -2.13. The maximum atomic E-state index is 11.4. The van der Waals surface area contributed by atoms with E-state index in [9.17, 15) is 33.6 Å². The van der Waals surface area contributed by atoms with Crippen LogP contribution >= 0.6 is 0 Å². The highest BCUT2D eigenvalue weighted by atomic mass is 16.2. The maximum absolute atomic E-state index is 11.4. The van der Waals surface area contributed by atoms with Crippen LogP contribution in [0, 0.1) is 81.1 Å². The summed E-state index contributed by atoms with van der Waals surface area (Å²) in [6.45, 7) is 53.2. The number of hydrogen-bond acceptors (Lipinski definition) is 14. The van der Waals surface area contributed by atoms with Crippen molar-refractivity contribution in [2.75, 3.05) is 49.3 Å². The van der Waals surface area contributed by atoms with Crippen LogP contribution in [-0.4, -0.2) is 157 Å². The minimum atomic E-state index is -0.282. The molecule has 4 aromatic heterocycles. The van der Waals surface area contributed by atoms with Gasteiger partial charge in [-0.15, -0.1) is 0 Å². The van der Waals surface area contributed by atoms with Crippen LogP contribution in [-0.2, 0) is 54.4 Å². The van der Waals surface area contributed by atoms with E-state index in [0.29, 0.717) is 28.8 Å². The molecule has 0 N–H and O–H groups in total. The van der Waals surface area contributed by atoms with E-state index in [1.54, 1.807) is 38.0 Å². The number of aryl methyl sites for hydroxylation is 7. The number of likely N-dealkylation sites (N-methyl/N-ethyl adjacent to an activating group) is 4. The van der Waals surface area contributed by atoms with Crippen LogP contribution in [0.4, 0.5) is 4.79 Å². The molecule has 0 saturated carbocycles. The number of allylic oxidation sites excluding steroid dienone is 5. The number of hydrazone groups is 1. The van der Waals surface area contributed by atoms with E-state index >= 15 is 0 Å². The van der Waals surface area contributed by atoms with Gasteiger partial charge >= 0.3 is 11.7 Å². The highest BCUT2D eigenvalue weighted by molar-refractivity contribution is 6.13. The minimum absolute atomic E-state index is 0.0718. The Balaban J connectivity index is 0.000000507. The molecular formula is C67H106N16O7. The fourth-order valence-corrected chi connectivity index (χ4v) is 8.92. The Bertz CT molecular complexity index is 3440. The zero-order valence-corrected chi connectivity index (χ0v) is 60.3. The molecule has 2 atom stereocenters. The van der Waals surface area contributed by atoms with E-state index in [4.69, 9.17) is 0 Å². The number of carbonyl (C=O) groups excluding carboxylic acids is 5. The largest absolute Gasteiger partial charge is 0.352 e. The summed E-state index contributed by atoms with van der Waals surface area (Å²) < 4.78 is 8.42. The van der Waals surface area contributed by atoms with Crippen molar-refractivity contribution in [3.8, 4) is 0 Å². The van der Waals surface area contributed by atoms with Crippen molar-refractivity contribution in [2.24, 2.45) is 52.2 Å². The summed E-state index contributed by atoms with van der Waals surface area (Å²) in [4.78, 5) is 91.5. The number of urea groups is 1. The molecule has 4 aromatic rings. The van der Waals surface area contributed by atoms with E-state index in [1.165, 1.54) is 81.2 Å². The number of amides is 6. The molecule has 23 nitrogen and oxygen atoms in total. The lowest BCUT2D eigenvalue weighted by atomic mass is 9.97. The average Bonchev–Trinajstić information content (AvgIpc) is 1.66. The van der Waals surface area contributed by atoms with E-state index in [1.807, 2.05) is 133 Å². The molecule has 0 radical (unpaired) electrons. The molecule has 2 unspecified atom stereocenters. The van der Waals surface area contributed by atoms with Crippen molar-refractivity contribution in [2.45, 2.75) is 138 Å². The zero-order chi connectivity index (χ0) is 70.5. The molecule has 0 aliphatic carbocycles. The number of hydrogen-bond donors (Lipinski definition) is 0. The third kappa shape index (κ3) is 19.1. The number of rotatable bonds is 0. The van der Waals surface area contributed by atoms with Gasteiger partial charge in [-0.3, -0.25) is 57.6 Å². The van der Waals surface area contributed by atoms with Crippen LogP contribution < -0.4 is 11.2 Å². The lowest BCUT2D eigenvalue weighted by molar-refractivity contribution is -0.136. The fraction of sp³-hybridized carbons (Fsp3) is 0.507. The van der Waals surface area contributed by atoms with Crippen LogP contribution in [0.1, 0.15) is 126 Å². The van der Waals surface area contributed by atoms with Gasteiger partial charge in [-0.25, -0.2) is 14.6 Å². The summed E-state index contributed by atoms with van der Waals surface area (Å²) in [5, 5.41) is 14.3. The molecule has 5 aliphatic heterocycles. The van der Waals surface area contributed by atoms with Gasteiger partial charge in [0.25, 0.3) is 23.3 Å². The van der Waals surface area contributed by atoms with Gasteiger partial charge in [0.05, 0.1) is 23.5 Å². The van der Waals surface area contributed by atoms with Crippen molar-refractivity contribution < 1.29 is 24.0 Å². The van der Waals surface area contributed by atoms with Gasteiger partial charge in [-0.05, 0) is 140 Å². The van der Waals surface area contributed by atoms with Crippen LogP contribution in [0.15, 0.2) is 104 Å². The van der Waals surface area contributed by atoms with Crippen LogP contribution in [0.2, 0.25) is 0 Å². The number of imide groups is 2. The first-order valence-corrected chi connectivity index (χ1v) is 29.5. The van der Waals surface area contributed by atoms with Crippen LogP contribution in [0.5, 0.6) is 0 Å². The summed E-state index contributed by atoms with van der Waals surface area (Å²) in [5.41, 5.74) is 17.9. The summed E-state index contributed by atoms with van der Waals surface area (Å²) in [6.07, 6.45) is 0.275. The van der Waals surface area contributed by atoms with Gasteiger partial charge in [-0.1, -0.05) is 45.7 Å². The van der Waals surface area contributed by atoms with Gasteiger partial charge in [0.1, 0.15) is 23.2 Å².